The van der Waals surface area contributed by atoms with Crippen molar-refractivity contribution in [3.05, 3.63) is 34.9 Å². The Morgan fingerprint density at radius 3 is 2.84 bits per heavy atom. The molecule has 3 fully saturated rings. The molecule has 0 aliphatic carbocycles. The van der Waals surface area contributed by atoms with Crippen LogP contribution in [0.3, 0.4) is 0 Å². The molecule has 8 heteroatoms. The van der Waals surface area contributed by atoms with Gasteiger partial charge in [0.15, 0.2) is 12.1 Å². The third-order valence-corrected chi connectivity index (χ3v) is 6.21. The second kappa shape index (κ2) is 6.40. The number of ether oxygens (including phenoxy) is 3. The number of aliphatic hydroxyl groups is 1. The molecule has 25 heavy (non-hydrogen) atoms. The number of hydrogen-bond acceptors (Lipinski definition) is 6. The van der Waals surface area contributed by atoms with Crippen molar-refractivity contribution in [3.63, 3.8) is 0 Å². The molecule has 0 unspecified atom stereocenters. The van der Waals surface area contributed by atoms with E-state index in [9.17, 15) is 9.90 Å². The normalized spacial score (nSPS) is 36.9. The Balaban J connectivity index is 1.50. The molecular weight excluding hydrogens is 366 g/mol. The summed E-state index contributed by atoms with van der Waals surface area (Å²) in [6.45, 7) is 3.83. The Bertz CT molecular complexity index is 687. The topological polar surface area (TPSA) is 68.2 Å². The molecule has 1 amide bonds. The Morgan fingerprint density at radius 2 is 2.12 bits per heavy atom. The van der Waals surface area contributed by atoms with E-state index in [1.807, 2.05) is 24.3 Å². The van der Waals surface area contributed by atoms with Crippen LogP contribution in [0.5, 0.6) is 0 Å². The fourth-order valence-corrected chi connectivity index (χ4v) is 5.03. The molecule has 0 bridgehead atoms. The number of carbonyl (C=O) groups excluding carboxylic acids is 1. The molecule has 3 heterocycles. The van der Waals surface area contributed by atoms with Crippen LogP contribution in [0, 0.1) is 0 Å². The van der Waals surface area contributed by atoms with Gasteiger partial charge in [-0.1, -0.05) is 29.8 Å². The summed E-state index contributed by atoms with van der Waals surface area (Å²) in [5.41, 5.74) is 0.890. The SMILES string of the molecule is CC1(C)O[C@H]2O[C@H](CN3C(=O)CS[C@H]3c3ccccc3Cl)[C@H](O)[C@H]2O1. The molecule has 3 saturated heterocycles. The van der Waals surface area contributed by atoms with Gasteiger partial charge >= 0.3 is 0 Å². The number of hydrogen-bond donors (Lipinski definition) is 1. The van der Waals surface area contributed by atoms with E-state index in [1.54, 1.807) is 18.7 Å². The van der Waals surface area contributed by atoms with E-state index < -0.39 is 30.4 Å². The molecule has 4 rings (SSSR count). The van der Waals surface area contributed by atoms with E-state index in [-0.39, 0.29) is 17.8 Å². The van der Waals surface area contributed by atoms with Crippen LogP contribution >= 0.6 is 23.4 Å². The molecule has 6 nitrogen and oxygen atoms in total. The highest BCUT2D eigenvalue weighted by Crippen LogP contribution is 2.43. The smallest absolute Gasteiger partial charge is 0.233 e. The second-order valence-electron chi connectivity index (χ2n) is 6.86. The van der Waals surface area contributed by atoms with Crippen LogP contribution in [0.4, 0.5) is 0 Å². The number of halogens is 1. The lowest BCUT2D eigenvalue weighted by atomic mass is 10.1. The lowest BCUT2D eigenvalue weighted by molar-refractivity contribution is -0.216. The van der Waals surface area contributed by atoms with Crippen molar-refractivity contribution in [2.75, 3.05) is 12.3 Å². The van der Waals surface area contributed by atoms with E-state index in [0.717, 1.165) is 5.56 Å². The van der Waals surface area contributed by atoms with Gasteiger partial charge in [-0.05, 0) is 19.9 Å². The molecule has 0 spiro atoms. The van der Waals surface area contributed by atoms with Crippen molar-refractivity contribution in [2.45, 2.75) is 49.6 Å². The molecule has 0 radical (unpaired) electrons. The zero-order valence-electron chi connectivity index (χ0n) is 13.9. The predicted molar refractivity (Wildman–Crippen MR) is 93.1 cm³/mol. The summed E-state index contributed by atoms with van der Waals surface area (Å²) >= 11 is 7.82. The third kappa shape index (κ3) is 3.18. The summed E-state index contributed by atoms with van der Waals surface area (Å²) in [6.07, 6.45) is -2.56. The standard InChI is InChI=1S/C17H20ClNO5S/c1-17(2)23-14-13(21)11(22-16(14)24-17)7-19-12(20)8-25-15(19)9-5-3-4-6-10(9)18/h3-6,11,13-16,21H,7-8H2,1-2H3/t11-,13+,14-,15+,16-/m1/s1. The number of thioether (sulfide) groups is 1. The highest BCUT2D eigenvalue weighted by molar-refractivity contribution is 8.00. The van der Waals surface area contributed by atoms with Crippen molar-refractivity contribution in [3.8, 4) is 0 Å². The molecule has 5 atom stereocenters. The van der Waals surface area contributed by atoms with Crippen LogP contribution in [0.1, 0.15) is 24.8 Å². The van der Waals surface area contributed by atoms with Crippen LogP contribution < -0.4 is 0 Å². The minimum absolute atomic E-state index is 0.00458. The minimum Gasteiger partial charge on any atom is -0.387 e. The highest BCUT2D eigenvalue weighted by Gasteiger charge is 2.55. The number of aliphatic hydroxyl groups excluding tert-OH is 1. The lowest BCUT2D eigenvalue weighted by Crippen LogP contribution is -2.43. The number of fused-ring (bicyclic) bond motifs is 1. The maximum Gasteiger partial charge on any atom is 0.233 e. The van der Waals surface area contributed by atoms with Crippen LogP contribution in [0.15, 0.2) is 24.3 Å². The molecule has 1 aromatic rings. The van der Waals surface area contributed by atoms with Gasteiger partial charge in [0.25, 0.3) is 0 Å². The maximum absolute atomic E-state index is 12.4. The number of carbonyl (C=O) groups is 1. The zero-order chi connectivity index (χ0) is 17.8. The van der Waals surface area contributed by atoms with Gasteiger partial charge < -0.3 is 24.2 Å². The van der Waals surface area contributed by atoms with Gasteiger partial charge in [0, 0.05) is 10.6 Å². The van der Waals surface area contributed by atoms with Crippen LogP contribution in [-0.2, 0) is 19.0 Å². The Labute approximate surface area is 155 Å². The summed E-state index contributed by atoms with van der Waals surface area (Å²) < 4.78 is 17.2. The molecule has 136 valence electrons. The van der Waals surface area contributed by atoms with Gasteiger partial charge in [-0.3, -0.25) is 4.79 Å². The second-order valence-corrected chi connectivity index (χ2v) is 8.34. The van der Waals surface area contributed by atoms with Crippen molar-refractivity contribution < 1.29 is 24.1 Å². The summed E-state index contributed by atoms with van der Waals surface area (Å²) in [6, 6.07) is 7.49. The van der Waals surface area contributed by atoms with Crippen LogP contribution in [0.25, 0.3) is 0 Å². The molecule has 3 aliphatic heterocycles. The highest BCUT2D eigenvalue weighted by atomic mass is 35.5. The van der Waals surface area contributed by atoms with Crippen LogP contribution in [-0.4, -0.2) is 58.6 Å². The molecule has 1 aromatic carbocycles. The van der Waals surface area contributed by atoms with Gasteiger partial charge in [0.05, 0.1) is 12.3 Å². The first-order chi connectivity index (χ1) is 11.9. The van der Waals surface area contributed by atoms with Crippen LogP contribution in [0.2, 0.25) is 5.02 Å². The van der Waals surface area contributed by atoms with E-state index in [2.05, 4.69) is 0 Å². The van der Waals surface area contributed by atoms with E-state index >= 15 is 0 Å². The van der Waals surface area contributed by atoms with Gasteiger partial charge in [0.1, 0.15) is 23.7 Å². The molecule has 0 saturated carbocycles. The third-order valence-electron chi connectivity index (χ3n) is 4.63. The van der Waals surface area contributed by atoms with Gasteiger partial charge in [-0.2, -0.15) is 0 Å². The Morgan fingerprint density at radius 1 is 1.36 bits per heavy atom. The summed E-state index contributed by atoms with van der Waals surface area (Å²) in [7, 11) is 0. The minimum atomic E-state index is -0.850. The first kappa shape index (κ1) is 17.6. The van der Waals surface area contributed by atoms with E-state index in [0.29, 0.717) is 10.8 Å². The number of rotatable bonds is 3. The average molecular weight is 386 g/mol. The molecular formula is C17H20ClNO5S. The van der Waals surface area contributed by atoms with Crippen molar-refractivity contribution >= 4 is 29.3 Å². The largest absolute Gasteiger partial charge is 0.387 e. The van der Waals surface area contributed by atoms with Crippen molar-refractivity contribution in [1.82, 2.24) is 4.90 Å². The average Bonchev–Trinajstić information content (AvgIpc) is 3.14. The fraction of sp³-hybridized carbons (Fsp3) is 0.588. The number of amides is 1. The van der Waals surface area contributed by atoms with Crippen molar-refractivity contribution in [1.29, 1.82) is 0 Å². The summed E-state index contributed by atoms with van der Waals surface area (Å²) in [4.78, 5) is 14.1. The zero-order valence-corrected chi connectivity index (χ0v) is 15.5. The Kier molecular flexibility index (Phi) is 4.50. The number of benzene rings is 1. The molecule has 0 aromatic heterocycles. The van der Waals surface area contributed by atoms with E-state index in [4.69, 9.17) is 25.8 Å². The predicted octanol–water partition coefficient (Wildman–Crippen LogP) is 2.15. The van der Waals surface area contributed by atoms with Gasteiger partial charge in [-0.15, -0.1) is 11.8 Å². The Hall–Kier alpha value is -0.830. The van der Waals surface area contributed by atoms with E-state index in [1.165, 1.54) is 11.8 Å². The monoisotopic (exact) mass is 385 g/mol. The lowest BCUT2D eigenvalue weighted by Gasteiger charge is -2.29. The molecule has 1 N–H and O–H groups in total. The maximum atomic E-state index is 12.4. The first-order valence-corrected chi connectivity index (χ1v) is 9.63. The fourth-order valence-electron chi connectivity index (χ4n) is 3.49. The molecule has 3 aliphatic rings. The number of nitrogens with zero attached hydrogens (tertiary/aromatic N) is 1. The van der Waals surface area contributed by atoms with Gasteiger partial charge in [0.2, 0.25) is 5.91 Å². The quantitative estimate of drug-likeness (QED) is 0.859. The van der Waals surface area contributed by atoms with Gasteiger partial charge in [-0.25, -0.2) is 0 Å². The summed E-state index contributed by atoms with van der Waals surface area (Å²) in [5.74, 6) is -0.392. The first-order valence-electron chi connectivity index (χ1n) is 8.20. The van der Waals surface area contributed by atoms with Crippen molar-refractivity contribution in [2.24, 2.45) is 0 Å². The summed E-state index contributed by atoms with van der Waals surface area (Å²) in [5, 5.41) is 11.0.